The molecule has 8 heteroatoms. The number of H-pyrrole nitrogens is 1. The van der Waals surface area contributed by atoms with Crippen LogP contribution in [-0.4, -0.2) is 65.7 Å². The van der Waals surface area contributed by atoms with Crippen molar-refractivity contribution < 1.29 is 9.94 Å². The molecule has 0 saturated carbocycles. The lowest BCUT2D eigenvalue weighted by Gasteiger charge is -2.26. The molecule has 0 amide bonds. The van der Waals surface area contributed by atoms with E-state index < -0.39 is 0 Å². The van der Waals surface area contributed by atoms with Gasteiger partial charge in [0.1, 0.15) is 18.0 Å². The van der Waals surface area contributed by atoms with Crippen LogP contribution in [0.25, 0.3) is 10.9 Å². The van der Waals surface area contributed by atoms with Crippen molar-refractivity contribution in [2.24, 2.45) is 10.1 Å². The van der Waals surface area contributed by atoms with Crippen LogP contribution in [0.1, 0.15) is 16.7 Å². The fraction of sp³-hybridized carbons (Fsp3) is 0.261. The van der Waals surface area contributed by atoms with Crippen molar-refractivity contribution in [1.82, 2.24) is 15.2 Å². The van der Waals surface area contributed by atoms with Crippen molar-refractivity contribution >= 4 is 28.0 Å². The number of hydrogen-bond donors (Lipinski definition) is 3. The molecule has 0 radical (unpaired) electrons. The molecule has 1 aromatic heterocycles. The highest BCUT2D eigenvalue weighted by atomic mass is 16.6. The third-order valence-electron chi connectivity index (χ3n) is 5.62. The molecular formula is C23H22N6O2. The van der Waals surface area contributed by atoms with E-state index in [4.69, 9.17) is 9.83 Å². The van der Waals surface area contributed by atoms with Gasteiger partial charge in [0.15, 0.2) is 5.88 Å². The number of nitriles is 1. The average Bonchev–Trinajstić information content (AvgIpc) is 3.33. The summed E-state index contributed by atoms with van der Waals surface area (Å²) in [7, 11) is 0. The predicted octanol–water partition coefficient (Wildman–Crippen LogP) is 2.51. The number of aromatic nitrogens is 1. The number of rotatable bonds is 5. The molecule has 31 heavy (non-hydrogen) atoms. The number of benzene rings is 2. The van der Waals surface area contributed by atoms with E-state index in [0.717, 1.165) is 54.9 Å². The standard InChI is InChI=1S/C23H22N6O2/c24-14-15-5-6-19-17(13-15)20(23(30)27-19)22-21(16-3-1-2-4-18(16)26-22)28-31-12-11-29-9-7-25-8-10-29/h1-6,13,25,27,30H,7-12H2/b28-21+. The van der Waals surface area contributed by atoms with Crippen LogP contribution < -0.4 is 5.32 Å². The molecule has 0 bridgehead atoms. The Morgan fingerprint density at radius 1 is 1.19 bits per heavy atom. The zero-order valence-corrected chi connectivity index (χ0v) is 16.9. The van der Waals surface area contributed by atoms with Crippen LogP contribution in [0.2, 0.25) is 0 Å². The molecule has 0 unspecified atom stereocenters. The highest BCUT2D eigenvalue weighted by Gasteiger charge is 2.29. The van der Waals surface area contributed by atoms with Crippen molar-refractivity contribution in [2.75, 3.05) is 39.3 Å². The van der Waals surface area contributed by atoms with Crippen LogP contribution in [0, 0.1) is 11.3 Å². The summed E-state index contributed by atoms with van der Waals surface area (Å²) in [6.07, 6.45) is 0. The van der Waals surface area contributed by atoms with Gasteiger partial charge in [-0.25, -0.2) is 4.99 Å². The number of aromatic hydroxyl groups is 1. The molecule has 0 aliphatic carbocycles. The van der Waals surface area contributed by atoms with Crippen LogP contribution in [-0.2, 0) is 4.84 Å². The third kappa shape index (κ3) is 3.65. The Labute approximate surface area is 179 Å². The average molecular weight is 414 g/mol. The number of oxime groups is 1. The first-order chi connectivity index (χ1) is 15.2. The van der Waals surface area contributed by atoms with Crippen LogP contribution in [0.4, 0.5) is 5.69 Å². The van der Waals surface area contributed by atoms with Gasteiger partial charge in [0, 0.05) is 49.2 Å². The molecule has 0 atom stereocenters. The van der Waals surface area contributed by atoms with Crippen LogP contribution in [0.15, 0.2) is 52.6 Å². The Kier molecular flexibility index (Phi) is 5.12. The lowest BCUT2D eigenvalue weighted by molar-refractivity contribution is 0.106. The molecule has 3 heterocycles. The summed E-state index contributed by atoms with van der Waals surface area (Å²) in [6, 6.07) is 15.1. The zero-order valence-electron chi connectivity index (χ0n) is 16.9. The second-order valence-electron chi connectivity index (χ2n) is 7.56. The van der Waals surface area contributed by atoms with E-state index in [2.05, 4.69) is 26.4 Å². The number of piperazine rings is 1. The molecule has 1 fully saturated rings. The molecule has 1 saturated heterocycles. The number of fused-ring (bicyclic) bond motifs is 2. The van der Waals surface area contributed by atoms with Crippen molar-refractivity contribution in [3.8, 4) is 11.9 Å². The maximum Gasteiger partial charge on any atom is 0.199 e. The molecule has 0 spiro atoms. The first-order valence-electron chi connectivity index (χ1n) is 10.3. The van der Waals surface area contributed by atoms with E-state index in [9.17, 15) is 10.4 Å². The molecule has 2 aliphatic heterocycles. The van der Waals surface area contributed by atoms with Crippen LogP contribution in [0.3, 0.4) is 0 Å². The van der Waals surface area contributed by atoms with Gasteiger partial charge < -0.3 is 20.2 Å². The maximum absolute atomic E-state index is 10.7. The normalized spacial score (nSPS) is 17.5. The van der Waals surface area contributed by atoms with Crippen LogP contribution in [0.5, 0.6) is 5.88 Å². The highest BCUT2D eigenvalue weighted by Crippen LogP contribution is 2.35. The van der Waals surface area contributed by atoms with Crippen molar-refractivity contribution in [1.29, 1.82) is 5.26 Å². The van der Waals surface area contributed by atoms with E-state index in [1.165, 1.54) is 0 Å². The van der Waals surface area contributed by atoms with E-state index >= 15 is 0 Å². The quantitative estimate of drug-likeness (QED) is 0.439. The minimum absolute atomic E-state index is 0.00911. The number of hydrogen-bond acceptors (Lipinski definition) is 7. The highest BCUT2D eigenvalue weighted by molar-refractivity contribution is 6.58. The first kappa shape index (κ1) is 19.3. The van der Waals surface area contributed by atoms with Crippen molar-refractivity contribution in [2.45, 2.75) is 0 Å². The Balaban J connectivity index is 1.48. The molecule has 3 aromatic rings. The van der Waals surface area contributed by atoms with Gasteiger partial charge >= 0.3 is 0 Å². The number of para-hydroxylation sites is 1. The molecular weight excluding hydrogens is 392 g/mol. The van der Waals surface area contributed by atoms with Gasteiger partial charge in [-0.15, -0.1) is 0 Å². The van der Waals surface area contributed by atoms with Gasteiger partial charge in [-0.3, -0.25) is 4.90 Å². The molecule has 3 N–H and O–H groups in total. The Hall–Kier alpha value is -3.67. The lowest BCUT2D eigenvalue weighted by Crippen LogP contribution is -2.44. The summed E-state index contributed by atoms with van der Waals surface area (Å²) in [4.78, 5) is 15.7. The Bertz CT molecular complexity index is 1230. The van der Waals surface area contributed by atoms with E-state index in [1.54, 1.807) is 18.2 Å². The summed E-state index contributed by atoms with van der Waals surface area (Å²) in [5, 5.41) is 28.5. The van der Waals surface area contributed by atoms with Gasteiger partial charge in [0.25, 0.3) is 0 Å². The zero-order chi connectivity index (χ0) is 21.2. The van der Waals surface area contributed by atoms with E-state index in [0.29, 0.717) is 29.2 Å². The van der Waals surface area contributed by atoms with Crippen molar-refractivity contribution in [3.05, 3.63) is 59.2 Å². The number of aromatic amines is 1. The van der Waals surface area contributed by atoms with E-state index in [-0.39, 0.29) is 5.88 Å². The molecule has 5 rings (SSSR count). The fourth-order valence-corrected chi connectivity index (χ4v) is 4.04. The van der Waals surface area contributed by atoms with Crippen LogP contribution >= 0.6 is 0 Å². The van der Waals surface area contributed by atoms with Gasteiger partial charge in [0.05, 0.1) is 22.9 Å². The van der Waals surface area contributed by atoms with Gasteiger partial charge in [-0.1, -0.05) is 23.4 Å². The second-order valence-corrected chi connectivity index (χ2v) is 7.56. The van der Waals surface area contributed by atoms with Crippen molar-refractivity contribution in [3.63, 3.8) is 0 Å². The smallest absolute Gasteiger partial charge is 0.199 e. The number of nitrogens with one attached hydrogen (secondary N) is 2. The lowest BCUT2D eigenvalue weighted by atomic mass is 10.0. The number of nitrogens with zero attached hydrogens (tertiary/aromatic N) is 4. The summed E-state index contributed by atoms with van der Waals surface area (Å²) < 4.78 is 0. The SMILES string of the molecule is N#Cc1ccc2[nH]c(O)c(C3=Nc4ccccc4/C3=N\OCCN3CCNCC3)c2c1. The number of aliphatic imine (C=N–C) groups is 1. The summed E-state index contributed by atoms with van der Waals surface area (Å²) >= 11 is 0. The molecule has 2 aromatic carbocycles. The van der Waals surface area contributed by atoms with E-state index in [1.807, 2.05) is 24.3 Å². The molecule has 2 aliphatic rings. The summed E-state index contributed by atoms with van der Waals surface area (Å²) in [5.41, 5.74) is 4.49. The maximum atomic E-state index is 10.7. The van der Waals surface area contributed by atoms with Gasteiger partial charge in [-0.2, -0.15) is 5.26 Å². The third-order valence-corrected chi connectivity index (χ3v) is 5.62. The first-order valence-corrected chi connectivity index (χ1v) is 10.3. The monoisotopic (exact) mass is 414 g/mol. The Morgan fingerprint density at radius 3 is 2.87 bits per heavy atom. The minimum atomic E-state index is -0.00911. The predicted molar refractivity (Wildman–Crippen MR) is 119 cm³/mol. The van der Waals surface area contributed by atoms with Gasteiger partial charge in [-0.05, 0) is 24.3 Å². The molecule has 156 valence electrons. The molecule has 8 nitrogen and oxygen atoms in total. The second kappa shape index (κ2) is 8.22. The fourth-order valence-electron chi connectivity index (χ4n) is 4.04. The summed E-state index contributed by atoms with van der Waals surface area (Å²) in [6.45, 7) is 5.25. The van der Waals surface area contributed by atoms with Gasteiger partial charge in [0.2, 0.25) is 0 Å². The largest absolute Gasteiger partial charge is 0.494 e. The Morgan fingerprint density at radius 2 is 2.03 bits per heavy atom. The summed E-state index contributed by atoms with van der Waals surface area (Å²) in [5.74, 6) is -0.00911. The topological polar surface area (TPSA) is 109 Å². The minimum Gasteiger partial charge on any atom is -0.494 e.